The van der Waals surface area contributed by atoms with Crippen LogP contribution in [0, 0.1) is 12.7 Å². The van der Waals surface area contributed by atoms with Gasteiger partial charge in [0.05, 0.1) is 5.69 Å². The Morgan fingerprint density at radius 3 is 2.52 bits per heavy atom. The van der Waals surface area contributed by atoms with E-state index in [1.165, 1.54) is 12.1 Å². The number of hydrogen-bond acceptors (Lipinski definition) is 3. The van der Waals surface area contributed by atoms with Crippen LogP contribution in [0.25, 0.3) is 11.5 Å². The molecule has 2 amide bonds. The Morgan fingerprint density at radius 1 is 1.26 bits per heavy atom. The first-order valence-corrected chi connectivity index (χ1v) is 7.80. The van der Waals surface area contributed by atoms with Crippen LogP contribution in [-0.2, 0) is 6.42 Å². The molecule has 2 rings (SSSR count). The van der Waals surface area contributed by atoms with Crippen LogP contribution in [0.15, 0.2) is 28.7 Å². The number of rotatable bonds is 6. The molecule has 23 heavy (non-hydrogen) atoms. The van der Waals surface area contributed by atoms with Gasteiger partial charge in [0.1, 0.15) is 11.6 Å². The van der Waals surface area contributed by atoms with E-state index in [1.54, 1.807) is 17.0 Å². The fraction of sp³-hybridized carbons (Fsp3) is 0.412. The maximum Gasteiger partial charge on any atom is 0.317 e. The summed E-state index contributed by atoms with van der Waals surface area (Å²) in [6.07, 6.45) is 0.587. The number of oxazole rings is 1. The summed E-state index contributed by atoms with van der Waals surface area (Å²) in [5.74, 6) is 0.880. The minimum Gasteiger partial charge on any atom is -0.441 e. The van der Waals surface area contributed by atoms with Crippen LogP contribution in [0.1, 0.15) is 25.3 Å². The monoisotopic (exact) mass is 319 g/mol. The highest BCUT2D eigenvalue weighted by atomic mass is 19.1. The third kappa shape index (κ3) is 4.31. The van der Waals surface area contributed by atoms with E-state index in [4.69, 9.17) is 4.42 Å². The zero-order valence-electron chi connectivity index (χ0n) is 13.7. The summed E-state index contributed by atoms with van der Waals surface area (Å²) in [6, 6.07) is 5.94. The fourth-order valence-electron chi connectivity index (χ4n) is 2.29. The highest BCUT2D eigenvalue weighted by Gasteiger charge is 2.13. The lowest BCUT2D eigenvalue weighted by Crippen LogP contribution is -2.40. The maximum atomic E-state index is 13.0. The molecule has 0 unspecified atom stereocenters. The number of carbonyl (C=O) groups is 1. The molecule has 0 spiro atoms. The first-order chi connectivity index (χ1) is 11.0. The second-order valence-electron chi connectivity index (χ2n) is 5.18. The zero-order chi connectivity index (χ0) is 16.8. The maximum absolute atomic E-state index is 13.0. The largest absolute Gasteiger partial charge is 0.441 e. The van der Waals surface area contributed by atoms with Crippen LogP contribution in [0.2, 0.25) is 0 Å². The van der Waals surface area contributed by atoms with Crippen molar-refractivity contribution in [3.05, 3.63) is 41.5 Å². The van der Waals surface area contributed by atoms with Gasteiger partial charge >= 0.3 is 6.03 Å². The van der Waals surface area contributed by atoms with Crippen LogP contribution < -0.4 is 5.32 Å². The molecule has 0 atom stereocenters. The first-order valence-electron chi connectivity index (χ1n) is 7.80. The van der Waals surface area contributed by atoms with Crippen molar-refractivity contribution in [2.75, 3.05) is 19.6 Å². The average Bonchev–Trinajstić information content (AvgIpc) is 2.90. The van der Waals surface area contributed by atoms with Gasteiger partial charge in [-0.1, -0.05) is 0 Å². The summed E-state index contributed by atoms with van der Waals surface area (Å²) in [7, 11) is 0. The van der Waals surface area contributed by atoms with Crippen molar-refractivity contribution < 1.29 is 13.6 Å². The number of nitrogens with zero attached hydrogens (tertiary/aromatic N) is 2. The Hall–Kier alpha value is -2.37. The zero-order valence-corrected chi connectivity index (χ0v) is 13.7. The molecule has 0 saturated carbocycles. The molecule has 0 fully saturated rings. The van der Waals surface area contributed by atoms with E-state index in [0.29, 0.717) is 37.7 Å². The van der Waals surface area contributed by atoms with Gasteiger partial charge in [0.15, 0.2) is 0 Å². The molecular formula is C17H22FN3O2. The molecule has 1 aromatic heterocycles. The van der Waals surface area contributed by atoms with Gasteiger partial charge in [0.2, 0.25) is 5.89 Å². The summed E-state index contributed by atoms with van der Waals surface area (Å²) in [6.45, 7) is 7.58. The van der Waals surface area contributed by atoms with E-state index < -0.39 is 0 Å². The lowest BCUT2D eigenvalue weighted by molar-refractivity contribution is 0.203. The molecule has 1 N–H and O–H groups in total. The third-order valence-electron chi connectivity index (χ3n) is 3.67. The minimum atomic E-state index is -0.295. The van der Waals surface area contributed by atoms with Gasteiger partial charge in [-0.2, -0.15) is 0 Å². The number of halogens is 1. The Labute approximate surface area is 135 Å². The van der Waals surface area contributed by atoms with Crippen molar-refractivity contribution in [2.45, 2.75) is 27.2 Å². The molecule has 0 aliphatic rings. The lowest BCUT2D eigenvalue weighted by atomic mass is 10.2. The minimum absolute atomic E-state index is 0.0742. The van der Waals surface area contributed by atoms with Gasteiger partial charge in [-0.15, -0.1) is 0 Å². The van der Waals surface area contributed by atoms with Crippen molar-refractivity contribution in [1.82, 2.24) is 15.2 Å². The second kappa shape index (κ2) is 7.76. The first kappa shape index (κ1) is 17.0. The quantitative estimate of drug-likeness (QED) is 0.888. The number of hydrogen-bond donors (Lipinski definition) is 1. The normalized spacial score (nSPS) is 10.6. The molecule has 2 aromatic rings. The summed E-state index contributed by atoms with van der Waals surface area (Å²) in [5, 5.41) is 2.87. The summed E-state index contributed by atoms with van der Waals surface area (Å²) < 4.78 is 18.6. The molecule has 6 heteroatoms. The number of aryl methyl sites for hydroxylation is 1. The number of carbonyl (C=O) groups excluding carboxylic acids is 1. The van der Waals surface area contributed by atoms with E-state index in [1.807, 2.05) is 20.8 Å². The highest BCUT2D eigenvalue weighted by Crippen LogP contribution is 2.22. The topological polar surface area (TPSA) is 58.4 Å². The second-order valence-corrected chi connectivity index (χ2v) is 5.18. The van der Waals surface area contributed by atoms with E-state index in [2.05, 4.69) is 10.3 Å². The van der Waals surface area contributed by atoms with Crippen molar-refractivity contribution in [2.24, 2.45) is 0 Å². The lowest BCUT2D eigenvalue weighted by Gasteiger charge is -2.18. The Balaban J connectivity index is 1.96. The van der Waals surface area contributed by atoms with E-state index in [9.17, 15) is 9.18 Å². The molecule has 0 radical (unpaired) electrons. The fourth-order valence-corrected chi connectivity index (χ4v) is 2.29. The van der Waals surface area contributed by atoms with Crippen molar-refractivity contribution in [3.63, 3.8) is 0 Å². The molecule has 1 heterocycles. The van der Waals surface area contributed by atoms with Crippen molar-refractivity contribution >= 4 is 6.03 Å². The predicted octanol–water partition coefficient (Wildman–Crippen LogP) is 3.38. The molecule has 0 aliphatic heterocycles. The van der Waals surface area contributed by atoms with Gasteiger partial charge in [0.25, 0.3) is 0 Å². The molecule has 0 bridgehead atoms. The molecule has 124 valence electrons. The predicted molar refractivity (Wildman–Crippen MR) is 86.7 cm³/mol. The van der Waals surface area contributed by atoms with E-state index in [-0.39, 0.29) is 11.8 Å². The Bertz CT molecular complexity index is 648. The molecule has 1 aromatic carbocycles. The standard InChI is InChI=1S/C17H22FN3O2/c1-4-21(5-2)17(22)19-11-10-15-12(3)23-16(20-15)13-6-8-14(18)9-7-13/h6-9H,4-5,10-11H2,1-3H3,(H,19,22). The molecule has 0 aliphatic carbocycles. The van der Waals surface area contributed by atoms with Crippen LogP contribution in [-0.4, -0.2) is 35.5 Å². The Kier molecular flexibility index (Phi) is 5.73. The third-order valence-corrected chi connectivity index (χ3v) is 3.67. The van der Waals surface area contributed by atoms with Gasteiger partial charge in [-0.25, -0.2) is 14.2 Å². The molecule has 5 nitrogen and oxygen atoms in total. The number of benzene rings is 1. The van der Waals surface area contributed by atoms with Crippen molar-refractivity contribution in [3.8, 4) is 11.5 Å². The summed E-state index contributed by atoms with van der Waals surface area (Å²) in [4.78, 5) is 18.0. The summed E-state index contributed by atoms with van der Waals surface area (Å²) >= 11 is 0. The van der Waals surface area contributed by atoms with Gasteiger partial charge in [-0.3, -0.25) is 0 Å². The molecular weight excluding hydrogens is 297 g/mol. The van der Waals surface area contributed by atoms with Crippen molar-refractivity contribution in [1.29, 1.82) is 0 Å². The summed E-state index contributed by atoms with van der Waals surface area (Å²) in [5.41, 5.74) is 1.53. The van der Waals surface area contributed by atoms with Crippen LogP contribution in [0.5, 0.6) is 0 Å². The van der Waals surface area contributed by atoms with E-state index >= 15 is 0 Å². The SMILES string of the molecule is CCN(CC)C(=O)NCCc1nc(-c2ccc(F)cc2)oc1C. The Morgan fingerprint density at radius 2 is 1.91 bits per heavy atom. The van der Waals surface area contributed by atoms with Crippen LogP contribution >= 0.6 is 0 Å². The molecule has 0 saturated heterocycles. The van der Waals surface area contributed by atoms with Gasteiger partial charge < -0.3 is 14.6 Å². The smallest absolute Gasteiger partial charge is 0.317 e. The van der Waals surface area contributed by atoms with Crippen LogP contribution in [0.4, 0.5) is 9.18 Å². The van der Waals surface area contributed by atoms with Gasteiger partial charge in [0, 0.05) is 31.6 Å². The number of amides is 2. The number of nitrogens with one attached hydrogen (secondary N) is 1. The van der Waals surface area contributed by atoms with Gasteiger partial charge in [-0.05, 0) is 45.0 Å². The highest BCUT2D eigenvalue weighted by molar-refractivity contribution is 5.74. The number of aromatic nitrogens is 1. The average molecular weight is 319 g/mol. The van der Waals surface area contributed by atoms with Crippen LogP contribution in [0.3, 0.4) is 0 Å². The number of urea groups is 1. The van der Waals surface area contributed by atoms with E-state index in [0.717, 1.165) is 11.3 Å².